The van der Waals surface area contributed by atoms with Crippen LogP contribution in [0.3, 0.4) is 0 Å². The Balaban J connectivity index is 2.36. The predicted octanol–water partition coefficient (Wildman–Crippen LogP) is 3.59. The Morgan fingerprint density at radius 3 is 2.57 bits per heavy atom. The molecule has 4 nitrogen and oxygen atoms in total. The number of benzene rings is 2. The first-order valence-electron chi connectivity index (χ1n) is 5.75. The normalized spacial score (nSPS) is 10.2. The van der Waals surface area contributed by atoms with Crippen molar-refractivity contribution in [2.45, 2.75) is 0 Å². The number of hydrogen-bond acceptors (Lipinski definition) is 2. The number of primary amides is 1. The van der Waals surface area contributed by atoms with Gasteiger partial charge in [-0.1, -0.05) is 17.7 Å². The zero-order valence-electron chi connectivity index (χ0n) is 10.5. The molecular weight excluding hydrogens is 363 g/mol. The lowest BCUT2D eigenvalue weighted by Gasteiger charge is -2.10. The van der Waals surface area contributed by atoms with Crippen molar-refractivity contribution in [1.29, 1.82) is 0 Å². The molecule has 0 bridgehead atoms. The second-order valence-corrected chi connectivity index (χ2v) is 5.37. The van der Waals surface area contributed by atoms with E-state index < -0.39 is 17.6 Å². The minimum atomic E-state index is -0.691. The second-order valence-electron chi connectivity index (χ2n) is 4.11. The molecule has 3 N–H and O–H groups in total. The molecule has 108 valence electrons. The highest BCUT2D eigenvalue weighted by molar-refractivity contribution is 9.10. The Kier molecular flexibility index (Phi) is 4.59. The SMILES string of the molecule is NC(=O)c1ccc(Cl)c(NC(=O)c2c(F)cccc2Br)c1. The quantitative estimate of drug-likeness (QED) is 0.865. The lowest BCUT2D eigenvalue weighted by atomic mass is 10.1. The number of amides is 2. The Hall–Kier alpha value is -1.92. The zero-order chi connectivity index (χ0) is 15.6. The Labute approximate surface area is 133 Å². The minimum Gasteiger partial charge on any atom is -0.366 e. The van der Waals surface area contributed by atoms with Gasteiger partial charge >= 0.3 is 0 Å². The van der Waals surface area contributed by atoms with Gasteiger partial charge in [-0.05, 0) is 46.3 Å². The molecule has 0 heterocycles. The van der Waals surface area contributed by atoms with Gasteiger partial charge in [0.15, 0.2) is 0 Å². The van der Waals surface area contributed by atoms with Gasteiger partial charge in [0.2, 0.25) is 5.91 Å². The second kappa shape index (κ2) is 6.24. The maximum Gasteiger partial charge on any atom is 0.259 e. The van der Waals surface area contributed by atoms with Gasteiger partial charge in [0.25, 0.3) is 5.91 Å². The van der Waals surface area contributed by atoms with E-state index in [4.69, 9.17) is 17.3 Å². The van der Waals surface area contributed by atoms with Gasteiger partial charge in [-0.25, -0.2) is 4.39 Å². The van der Waals surface area contributed by atoms with Crippen molar-refractivity contribution in [3.05, 3.63) is 62.8 Å². The molecule has 0 aliphatic carbocycles. The lowest BCUT2D eigenvalue weighted by Crippen LogP contribution is -2.16. The van der Waals surface area contributed by atoms with Crippen LogP contribution in [0, 0.1) is 5.82 Å². The first-order valence-corrected chi connectivity index (χ1v) is 6.92. The van der Waals surface area contributed by atoms with Crippen LogP contribution >= 0.6 is 27.5 Å². The molecule has 2 aromatic rings. The van der Waals surface area contributed by atoms with Gasteiger partial charge in [0, 0.05) is 10.0 Å². The van der Waals surface area contributed by atoms with E-state index in [1.165, 1.54) is 30.3 Å². The van der Waals surface area contributed by atoms with Gasteiger partial charge in [-0.3, -0.25) is 9.59 Å². The number of rotatable bonds is 3. The number of anilines is 1. The fraction of sp³-hybridized carbons (Fsp3) is 0. The van der Waals surface area contributed by atoms with Crippen LogP contribution in [0.5, 0.6) is 0 Å². The van der Waals surface area contributed by atoms with Crippen LogP contribution in [0.4, 0.5) is 10.1 Å². The topological polar surface area (TPSA) is 72.2 Å². The molecule has 0 saturated carbocycles. The molecule has 2 amide bonds. The van der Waals surface area contributed by atoms with E-state index in [1.807, 2.05) is 0 Å². The number of hydrogen-bond donors (Lipinski definition) is 2. The van der Waals surface area contributed by atoms with Crippen molar-refractivity contribution in [2.24, 2.45) is 5.73 Å². The fourth-order valence-corrected chi connectivity index (χ4v) is 2.36. The van der Waals surface area contributed by atoms with Crippen LogP contribution in [0.1, 0.15) is 20.7 Å². The molecule has 0 saturated heterocycles. The summed E-state index contributed by atoms with van der Waals surface area (Å²) >= 11 is 9.05. The van der Waals surface area contributed by atoms with E-state index in [0.717, 1.165) is 0 Å². The number of nitrogens with two attached hydrogens (primary N) is 1. The highest BCUT2D eigenvalue weighted by atomic mass is 79.9. The van der Waals surface area contributed by atoms with Crippen molar-refractivity contribution >= 4 is 45.0 Å². The largest absolute Gasteiger partial charge is 0.366 e. The average molecular weight is 372 g/mol. The van der Waals surface area contributed by atoms with Gasteiger partial charge < -0.3 is 11.1 Å². The van der Waals surface area contributed by atoms with Crippen LogP contribution in [0.2, 0.25) is 5.02 Å². The van der Waals surface area contributed by atoms with E-state index >= 15 is 0 Å². The number of halogens is 3. The summed E-state index contributed by atoms with van der Waals surface area (Å²) in [6, 6.07) is 8.36. The molecule has 0 unspecified atom stereocenters. The van der Waals surface area contributed by atoms with Crippen molar-refractivity contribution in [1.82, 2.24) is 0 Å². The molecule has 2 aromatic carbocycles. The maximum atomic E-state index is 13.7. The standard InChI is InChI=1S/C14H9BrClFN2O2/c15-8-2-1-3-10(17)12(8)14(21)19-11-6-7(13(18)20)4-5-9(11)16/h1-6H,(H2,18,20)(H,19,21). The van der Waals surface area contributed by atoms with Crippen molar-refractivity contribution in [3.63, 3.8) is 0 Å². The van der Waals surface area contributed by atoms with E-state index in [2.05, 4.69) is 21.2 Å². The number of carbonyl (C=O) groups is 2. The predicted molar refractivity (Wildman–Crippen MR) is 82.0 cm³/mol. The summed E-state index contributed by atoms with van der Waals surface area (Å²) in [5, 5.41) is 2.66. The molecule has 0 aliphatic rings. The third kappa shape index (κ3) is 3.40. The summed E-state index contributed by atoms with van der Waals surface area (Å²) in [6.07, 6.45) is 0. The van der Waals surface area contributed by atoms with Gasteiger partial charge in [0.1, 0.15) is 5.82 Å². The fourth-order valence-electron chi connectivity index (χ4n) is 1.67. The smallest absolute Gasteiger partial charge is 0.259 e. The summed E-state index contributed by atoms with van der Waals surface area (Å²) in [6.45, 7) is 0. The Bertz CT molecular complexity index is 717. The van der Waals surface area contributed by atoms with E-state index in [-0.39, 0.29) is 21.8 Å². The molecule has 0 fully saturated rings. The average Bonchev–Trinajstić information content (AvgIpc) is 2.40. The minimum absolute atomic E-state index is 0.155. The molecule has 0 radical (unpaired) electrons. The maximum absolute atomic E-state index is 13.7. The number of carbonyl (C=O) groups excluding carboxylic acids is 2. The summed E-state index contributed by atoms with van der Waals surface area (Å²) in [7, 11) is 0. The van der Waals surface area contributed by atoms with Gasteiger partial charge in [0.05, 0.1) is 16.3 Å². The van der Waals surface area contributed by atoms with Crippen LogP contribution in [0.15, 0.2) is 40.9 Å². The van der Waals surface area contributed by atoms with E-state index in [9.17, 15) is 14.0 Å². The molecule has 21 heavy (non-hydrogen) atoms. The van der Waals surface area contributed by atoms with E-state index in [1.54, 1.807) is 6.07 Å². The highest BCUT2D eigenvalue weighted by Crippen LogP contribution is 2.26. The third-order valence-corrected chi connectivity index (χ3v) is 3.68. The summed E-state index contributed by atoms with van der Waals surface area (Å²) in [5.74, 6) is -2.03. The van der Waals surface area contributed by atoms with Crippen molar-refractivity contribution in [2.75, 3.05) is 5.32 Å². The molecule has 0 aliphatic heterocycles. The molecule has 7 heteroatoms. The summed E-state index contributed by atoms with van der Waals surface area (Å²) < 4.78 is 14.0. The number of nitrogens with one attached hydrogen (secondary N) is 1. The molecular formula is C14H9BrClFN2O2. The van der Waals surface area contributed by atoms with Gasteiger partial charge in [-0.2, -0.15) is 0 Å². The highest BCUT2D eigenvalue weighted by Gasteiger charge is 2.17. The molecule has 0 aromatic heterocycles. The first-order chi connectivity index (χ1) is 9.90. The summed E-state index contributed by atoms with van der Waals surface area (Å²) in [5.41, 5.74) is 5.36. The molecule has 2 rings (SSSR count). The Morgan fingerprint density at radius 2 is 1.95 bits per heavy atom. The zero-order valence-corrected chi connectivity index (χ0v) is 12.8. The van der Waals surface area contributed by atoms with E-state index in [0.29, 0.717) is 4.47 Å². The third-order valence-electron chi connectivity index (χ3n) is 2.69. The van der Waals surface area contributed by atoms with Crippen molar-refractivity contribution < 1.29 is 14.0 Å². The molecule has 0 spiro atoms. The summed E-state index contributed by atoms with van der Waals surface area (Å²) in [4.78, 5) is 23.3. The first kappa shape index (κ1) is 15.5. The van der Waals surface area contributed by atoms with Crippen LogP contribution in [-0.4, -0.2) is 11.8 Å². The monoisotopic (exact) mass is 370 g/mol. The van der Waals surface area contributed by atoms with Crippen LogP contribution in [0.25, 0.3) is 0 Å². The Morgan fingerprint density at radius 1 is 1.24 bits per heavy atom. The lowest BCUT2D eigenvalue weighted by molar-refractivity contribution is 0.0995. The van der Waals surface area contributed by atoms with Crippen LogP contribution < -0.4 is 11.1 Å². The van der Waals surface area contributed by atoms with Crippen LogP contribution in [-0.2, 0) is 0 Å². The molecule has 0 atom stereocenters. The van der Waals surface area contributed by atoms with Gasteiger partial charge in [-0.15, -0.1) is 0 Å². The van der Waals surface area contributed by atoms with Crippen molar-refractivity contribution in [3.8, 4) is 0 Å².